The number of halogens is 2. The Morgan fingerprint density at radius 1 is 1.29 bits per heavy atom. The van der Waals surface area contributed by atoms with Crippen molar-refractivity contribution in [3.63, 3.8) is 0 Å². The summed E-state index contributed by atoms with van der Waals surface area (Å²) >= 11 is 11.9. The lowest BCUT2D eigenvalue weighted by atomic mass is 10.3. The molecule has 2 N–H and O–H groups in total. The van der Waals surface area contributed by atoms with Crippen LogP contribution in [0.5, 0.6) is 0 Å². The Morgan fingerprint density at radius 2 is 1.95 bits per heavy atom. The largest absolute Gasteiger partial charge is 0.318 e. The number of hydrogen-bond donors (Lipinski definition) is 2. The molecule has 1 heterocycles. The quantitative estimate of drug-likeness (QED) is 0.838. The predicted octanol–water partition coefficient (Wildman–Crippen LogP) is 2.21. The molecular weight excluding hydrogens is 335 g/mol. The summed E-state index contributed by atoms with van der Waals surface area (Å²) in [6, 6.07) is 4.75. The molecule has 0 saturated heterocycles. The van der Waals surface area contributed by atoms with Crippen molar-refractivity contribution in [3.05, 3.63) is 40.6 Å². The summed E-state index contributed by atoms with van der Waals surface area (Å²) in [6.07, 6.45) is 2.73. The smallest absolute Gasteiger partial charge is 0.265 e. The SMILES string of the molecule is CNCCn1cc(S(=O)(=O)Nc2c(Cl)cccc2Cl)cn1. The van der Waals surface area contributed by atoms with Gasteiger partial charge in [0.1, 0.15) is 4.90 Å². The van der Waals surface area contributed by atoms with Gasteiger partial charge in [0, 0.05) is 12.7 Å². The molecule has 0 radical (unpaired) electrons. The molecule has 2 rings (SSSR count). The highest BCUT2D eigenvalue weighted by molar-refractivity contribution is 7.92. The molecule has 2 aromatic rings. The van der Waals surface area contributed by atoms with E-state index in [0.717, 1.165) is 0 Å². The van der Waals surface area contributed by atoms with Gasteiger partial charge in [-0.15, -0.1) is 0 Å². The Balaban J connectivity index is 2.24. The van der Waals surface area contributed by atoms with Crippen LogP contribution in [0.25, 0.3) is 0 Å². The summed E-state index contributed by atoms with van der Waals surface area (Å²) in [4.78, 5) is 0.0505. The molecule has 0 unspecified atom stereocenters. The Morgan fingerprint density at radius 3 is 2.57 bits per heavy atom. The van der Waals surface area contributed by atoms with Crippen LogP contribution < -0.4 is 10.0 Å². The highest BCUT2D eigenvalue weighted by atomic mass is 35.5. The van der Waals surface area contributed by atoms with Crippen LogP contribution in [0.2, 0.25) is 10.0 Å². The van der Waals surface area contributed by atoms with E-state index in [4.69, 9.17) is 23.2 Å². The van der Waals surface area contributed by atoms with Gasteiger partial charge in [0.05, 0.1) is 28.5 Å². The monoisotopic (exact) mass is 348 g/mol. The fraction of sp³-hybridized carbons (Fsp3) is 0.250. The van der Waals surface area contributed by atoms with E-state index in [1.807, 2.05) is 7.05 Å². The van der Waals surface area contributed by atoms with Crippen LogP contribution in [0.15, 0.2) is 35.5 Å². The van der Waals surface area contributed by atoms with Gasteiger partial charge in [-0.3, -0.25) is 9.40 Å². The van der Waals surface area contributed by atoms with E-state index in [1.54, 1.807) is 22.9 Å². The highest BCUT2D eigenvalue weighted by Crippen LogP contribution is 2.31. The molecule has 0 fully saturated rings. The fourth-order valence-electron chi connectivity index (χ4n) is 1.62. The van der Waals surface area contributed by atoms with Crippen molar-refractivity contribution in [2.75, 3.05) is 18.3 Å². The van der Waals surface area contributed by atoms with Gasteiger partial charge < -0.3 is 5.32 Å². The Kier molecular flexibility index (Phi) is 5.10. The number of sulfonamides is 1. The third-order valence-electron chi connectivity index (χ3n) is 2.71. The van der Waals surface area contributed by atoms with Gasteiger partial charge in [-0.05, 0) is 19.2 Å². The number of rotatable bonds is 6. The first kappa shape index (κ1) is 16.1. The minimum absolute atomic E-state index is 0.0505. The minimum atomic E-state index is -3.79. The molecule has 0 bridgehead atoms. The first-order chi connectivity index (χ1) is 9.94. The molecule has 9 heteroatoms. The maximum Gasteiger partial charge on any atom is 0.265 e. The lowest BCUT2D eigenvalue weighted by molar-refractivity contribution is 0.582. The van der Waals surface area contributed by atoms with Crippen molar-refractivity contribution in [1.82, 2.24) is 15.1 Å². The molecular formula is C12H14Cl2N4O2S. The Bertz CT molecular complexity index is 710. The molecule has 1 aromatic heterocycles. The highest BCUT2D eigenvalue weighted by Gasteiger charge is 2.19. The van der Waals surface area contributed by atoms with Crippen LogP contribution in [0.4, 0.5) is 5.69 Å². The van der Waals surface area contributed by atoms with E-state index in [-0.39, 0.29) is 20.6 Å². The van der Waals surface area contributed by atoms with E-state index in [1.165, 1.54) is 12.4 Å². The van der Waals surface area contributed by atoms with Crippen LogP contribution in [0, 0.1) is 0 Å². The maximum atomic E-state index is 12.3. The van der Waals surface area contributed by atoms with Crippen LogP contribution in [0.3, 0.4) is 0 Å². The van der Waals surface area contributed by atoms with Crippen molar-refractivity contribution in [2.24, 2.45) is 0 Å². The summed E-state index contributed by atoms with van der Waals surface area (Å²) in [6.45, 7) is 1.25. The van der Waals surface area contributed by atoms with Crippen LogP contribution in [-0.2, 0) is 16.6 Å². The number of anilines is 1. The summed E-state index contributed by atoms with van der Waals surface area (Å²) in [5, 5.41) is 7.42. The summed E-state index contributed by atoms with van der Waals surface area (Å²) < 4.78 is 28.5. The molecule has 21 heavy (non-hydrogen) atoms. The first-order valence-corrected chi connectivity index (χ1v) is 8.32. The summed E-state index contributed by atoms with van der Waals surface area (Å²) in [5.41, 5.74) is 0.156. The van der Waals surface area contributed by atoms with Gasteiger partial charge in [-0.25, -0.2) is 8.42 Å². The van der Waals surface area contributed by atoms with Crippen molar-refractivity contribution in [3.8, 4) is 0 Å². The molecule has 6 nitrogen and oxygen atoms in total. The van der Waals surface area contributed by atoms with Crippen LogP contribution in [0.1, 0.15) is 0 Å². The fourth-order valence-corrected chi connectivity index (χ4v) is 3.28. The van der Waals surface area contributed by atoms with Crippen molar-refractivity contribution in [2.45, 2.75) is 11.4 Å². The third-order valence-corrected chi connectivity index (χ3v) is 4.64. The zero-order valence-electron chi connectivity index (χ0n) is 11.2. The van der Waals surface area contributed by atoms with Gasteiger partial charge in [-0.2, -0.15) is 5.10 Å². The van der Waals surface area contributed by atoms with E-state index < -0.39 is 10.0 Å². The molecule has 0 aliphatic heterocycles. The third kappa shape index (κ3) is 3.88. The van der Waals surface area contributed by atoms with Crippen LogP contribution in [-0.4, -0.2) is 31.8 Å². The van der Waals surface area contributed by atoms with Gasteiger partial charge in [0.25, 0.3) is 10.0 Å². The summed E-state index contributed by atoms with van der Waals surface area (Å²) in [7, 11) is -1.98. The number of nitrogens with zero attached hydrogens (tertiary/aromatic N) is 2. The second-order valence-corrected chi connectivity index (χ2v) is 6.74. The molecule has 0 atom stereocenters. The van der Waals surface area contributed by atoms with Gasteiger partial charge in [0.2, 0.25) is 0 Å². The molecule has 0 aliphatic rings. The van der Waals surface area contributed by atoms with Crippen molar-refractivity contribution < 1.29 is 8.42 Å². The van der Waals surface area contributed by atoms with Gasteiger partial charge in [0.15, 0.2) is 0 Å². The number of nitrogens with one attached hydrogen (secondary N) is 2. The lowest BCUT2D eigenvalue weighted by Gasteiger charge is -2.09. The zero-order valence-corrected chi connectivity index (χ0v) is 13.5. The lowest BCUT2D eigenvalue weighted by Crippen LogP contribution is -2.15. The Labute approximate surface area is 133 Å². The topological polar surface area (TPSA) is 76.0 Å². The molecule has 0 amide bonds. The number of aromatic nitrogens is 2. The second kappa shape index (κ2) is 6.65. The standard InChI is InChI=1S/C12H14Cl2N4O2S/c1-15-5-6-18-8-9(7-16-18)21(19,20)17-12-10(13)3-2-4-11(12)14/h2-4,7-8,15,17H,5-6H2,1H3. The van der Waals surface area contributed by atoms with Gasteiger partial charge >= 0.3 is 0 Å². The first-order valence-electron chi connectivity index (χ1n) is 6.08. The predicted molar refractivity (Wildman–Crippen MR) is 83.4 cm³/mol. The van der Waals surface area contributed by atoms with E-state index in [2.05, 4.69) is 15.1 Å². The van der Waals surface area contributed by atoms with Crippen molar-refractivity contribution in [1.29, 1.82) is 0 Å². The number of benzene rings is 1. The average Bonchev–Trinajstić information content (AvgIpc) is 2.90. The maximum absolute atomic E-state index is 12.3. The number of para-hydroxylation sites is 1. The van der Waals surface area contributed by atoms with E-state index in [0.29, 0.717) is 13.1 Å². The average molecular weight is 349 g/mol. The van der Waals surface area contributed by atoms with E-state index in [9.17, 15) is 8.42 Å². The Hall–Kier alpha value is -1.28. The molecule has 0 aliphatic carbocycles. The zero-order chi connectivity index (χ0) is 15.5. The number of hydrogen-bond acceptors (Lipinski definition) is 4. The van der Waals surface area contributed by atoms with E-state index >= 15 is 0 Å². The molecule has 114 valence electrons. The second-order valence-electron chi connectivity index (χ2n) is 4.24. The minimum Gasteiger partial charge on any atom is -0.318 e. The molecule has 1 aromatic carbocycles. The molecule has 0 saturated carbocycles. The van der Waals surface area contributed by atoms with Gasteiger partial charge in [-0.1, -0.05) is 29.3 Å². The number of likely N-dealkylation sites (N-methyl/N-ethyl adjacent to an activating group) is 1. The summed E-state index contributed by atoms with van der Waals surface area (Å²) in [5.74, 6) is 0. The van der Waals surface area contributed by atoms with Crippen LogP contribution >= 0.6 is 23.2 Å². The molecule has 0 spiro atoms. The normalized spacial score (nSPS) is 11.6. The van der Waals surface area contributed by atoms with Crippen molar-refractivity contribution >= 4 is 38.9 Å².